The molecule has 0 aliphatic rings. The smallest absolute Gasteiger partial charge is 0.339 e. The van der Waals surface area contributed by atoms with Crippen molar-refractivity contribution in [2.75, 3.05) is 11.9 Å². The van der Waals surface area contributed by atoms with E-state index in [1.807, 2.05) is 0 Å². The molecule has 0 bridgehead atoms. The van der Waals surface area contributed by atoms with Crippen molar-refractivity contribution in [1.82, 2.24) is 14.8 Å². The highest BCUT2D eigenvalue weighted by Gasteiger charge is 2.19. The van der Waals surface area contributed by atoms with Crippen LogP contribution in [-0.2, 0) is 16.6 Å². The quantitative estimate of drug-likeness (QED) is 0.406. The second-order valence-corrected chi connectivity index (χ2v) is 6.15. The molecule has 0 unspecified atom stereocenters. The molecule has 28 heavy (non-hydrogen) atoms. The molecule has 0 fully saturated rings. The summed E-state index contributed by atoms with van der Waals surface area (Å²) in [4.78, 5) is 39.0. The number of carbonyl (C=O) groups excluding carboxylic acids is 2. The molecule has 0 radical (unpaired) electrons. The maximum atomic E-state index is 12.5. The number of ether oxygens (including phenoxy) is 1. The molecule has 10 heteroatoms. The zero-order chi connectivity index (χ0) is 20.4. The third-order valence-corrected chi connectivity index (χ3v) is 4.01. The normalized spacial score (nSPS) is 10.7. The van der Waals surface area contributed by atoms with Crippen LogP contribution < -0.4 is 5.32 Å². The van der Waals surface area contributed by atoms with Crippen LogP contribution in [0.15, 0.2) is 30.3 Å². The zero-order valence-corrected chi connectivity index (χ0v) is 15.4. The Kier molecular flexibility index (Phi) is 5.03. The van der Waals surface area contributed by atoms with Gasteiger partial charge in [-0.25, -0.2) is 9.78 Å². The summed E-state index contributed by atoms with van der Waals surface area (Å²) >= 11 is 0. The molecule has 1 aromatic carbocycles. The van der Waals surface area contributed by atoms with Gasteiger partial charge in [0.15, 0.2) is 12.3 Å². The van der Waals surface area contributed by atoms with Crippen molar-refractivity contribution >= 4 is 34.3 Å². The first-order chi connectivity index (χ1) is 13.3. The number of anilines is 1. The van der Waals surface area contributed by atoms with Gasteiger partial charge in [-0.05, 0) is 32.0 Å². The number of nitro benzene ring substituents is 1. The largest absolute Gasteiger partial charge is 0.452 e. The fourth-order valence-corrected chi connectivity index (χ4v) is 2.80. The van der Waals surface area contributed by atoms with Crippen molar-refractivity contribution < 1.29 is 19.2 Å². The Morgan fingerprint density at radius 2 is 1.93 bits per heavy atom. The van der Waals surface area contributed by atoms with Crippen LogP contribution in [0.3, 0.4) is 0 Å². The van der Waals surface area contributed by atoms with E-state index in [4.69, 9.17) is 4.74 Å². The number of aromatic nitrogens is 3. The van der Waals surface area contributed by atoms with Crippen molar-refractivity contribution in [3.8, 4) is 0 Å². The van der Waals surface area contributed by atoms with Crippen LogP contribution in [0.4, 0.5) is 11.4 Å². The minimum Gasteiger partial charge on any atom is -0.452 e. The van der Waals surface area contributed by atoms with E-state index in [0.29, 0.717) is 28.1 Å². The Bertz CT molecular complexity index is 1090. The van der Waals surface area contributed by atoms with E-state index in [9.17, 15) is 19.7 Å². The first-order valence-corrected chi connectivity index (χ1v) is 8.28. The third kappa shape index (κ3) is 3.80. The summed E-state index contributed by atoms with van der Waals surface area (Å²) < 4.78 is 6.71. The van der Waals surface area contributed by atoms with Crippen LogP contribution in [0.5, 0.6) is 0 Å². The van der Waals surface area contributed by atoms with Gasteiger partial charge in [0.25, 0.3) is 11.6 Å². The minimum atomic E-state index is -0.662. The van der Waals surface area contributed by atoms with Gasteiger partial charge in [0.2, 0.25) is 0 Å². The molecule has 2 heterocycles. The predicted octanol–water partition coefficient (Wildman–Crippen LogP) is 2.29. The fraction of sp³-hybridized carbons (Fsp3) is 0.222. The van der Waals surface area contributed by atoms with Crippen LogP contribution in [0, 0.1) is 24.0 Å². The number of fused-ring (bicyclic) bond motifs is 1. The van der Waals surface area contributed by atoms with Crippen LogP contribution in [-0.4, -0.2) is 38.2 Å². The monoisotopic (exact) mass is 383 g/mol. The van der Waals surface area contributed by atoms with Crippen molar-refractivity contribution in [2.24, 2.45) is 7.05 Å². The van der Waals surface area contributed by atoms with Gasteiger partial charge in [-0.15, -0.1) is 0 Å². The lowest BCUT2D eigenvalue weighted by molar-refractivity contribution is -0.384. The van der Waals surface area contributed by atoms with Crippen molar-refractivity contribution in [3.05, 3.63) is 57.4 Å². The molecule has 1 amide bonds. The number of nitrogens with one attached hydrogen (secondary N) is 1. The Morgan fingerprint density at radius 3 is 2.57 bits per heavy atom. The Morgan fingerprint density at radius 1 is 1.25 bits per heavy atom. The minimum absolute atomic E-state index is 0.0895. The highest BCUT2D eigenvalue weighted by atomic mass is 16.6. The van der Waals surface area contributed by atoms with Crippen molar-refractivity contribution in [1.29, 1.82) is 0 Å². The van der Waals surface area contributed by atoms with E-state index < -0.39 is 23.4 Å². The van der Waals surface area contributed by atoms with Gasteiger partial charge in [-0.2, -0.15) is 5.10 Å². The molecule has 10 nitrogen and oxygen atoms in total. The maximum Gasteiger partial charge on any atom is 0.339 e. The number of aryl methyl sites for hydroxylation is 3. The molecule has 0 saturated carbocycles. The lowest BCUT2D eigenvalue weighted by Crippen LogP contribution is -2.21. The lowest BCUT2D eigenvalue weighted by atomic mass is 10.1. The highest BCUT2D eigenvalue weighted by Crippen LogP contribution is 2.22. The van der Waals surface area contributed by atoms with Gasteiger partial charge in [-0.3, -0.25) is 19.6 Å². The number of nitro groups is 1. The van der Waals surface area contributed by atoms with Crippen LogP contribution in [0.2, 0.25) is 0 Å². The summed E-state index contributed by atoms with van der Waals surface area (Å²) in [6, 6.07) is 6.92. The molecule has 0 atom stereocenters. The number of esters is 1. The molecule has 0 aliphatic heterocycles. The highest BCUT2D eigenvalue weighted by molar-refractivity contribution is 6.04. The molecule has 144 valence electrons. The average molecular weight is 383 g/mol. The standard InChI is InChI=1S/C18H17N5O5/c1-10-8-14(16-11(2)21-22(3)17(16)19-10)18(25)28-9-15(24)20-12-4-6-13(7-5-12)23(26)27/h4-8H,9H2,1-3H3,(H,20,24). The number of benzene rings is 1. The molecule has 2 aromatic heterocycles. The number of hydrogen-bond acceptors (Lipinski definition) is 7. The predicted molar refractivity (Wildman–Crippen MR) is 100.0 cm³/mol. The summed E-state index contributed by atoms with van der Waals surface area (Å²) in [5, 5.41) is 18.0. The molecule has 0 saturated heterocycles. The van der Waals surface area contributed by atoms with Gasteiger partial charge < -0.3 is 10.1 Å². The second-order valence-electron chi connectivity index (χ2n) is 6.15. The first kappa shape index (κ1) is 19.0. The lowest BCUT2D eigenvalue weighted by Gasteiger charge is -2.08. The van der Waals surface area contributed by atoms with E-state index in [2.05, 4.69) is 15.4 Å². The Hall–Kier alpha value is -3.82. The van der Waals surface area contributed by atoms with Crippen molar-refractivity contribution in [3.63, 3.8) is 0 Å². The number of nitrogens with zero attached hydrogens (tertiary/aromatic N) is 4. The van der Waals surface area contributed by atoms with E-state index in [1.165, 1.54) is 24.3 Å². The number of amides is 1. The summed E-state index contributed by atoms with van der Waals surface area (Å²) in [6.07, 6.45) is 0. The van der Waals surface area contributed by atoms with Crippen LogP contribution >= 0.6 is 0 Å². The van der Waals surface area contributed by atoms with E-state index >= 15 is 0 Å². The zero-order valence-electron chi connectivity index (χ0n) is 15.4. The van der Waals surface area contributed by atoms with Crippen LogP contribution in [0.1, 0.15) is 21.7 Å². The molecular formula is C18H17N5O5. The van der Waals surface area contributed by atoms with Gasteiger partial charge >= 0.3 is 5.97 Å². The number of pyridine rings is 1. The van der Waals surface area contributed by atoms with E-state index in [1.54, 1.807) is 31.6 Å². The summed E-state index contributed by atoms with van der Waals surface area (Å²) in [6.45, 7) is 3.01. The Balaban J connectivity index is 1.69. The maximum absolute atomic E-state index is 12.5. The fourth-order valence-electron chi connectivity index (χ4n) is 2.80. The van der Waals surface area contributed by atoms with Crippen LogP contribution in [0.25, 0.3) is 11.0 Å². The molecule has 1 N–H and O–H groups in total. The number of rotatable bonds is 5. The SMILES string of the molecule is Cc1cc(C(=O)OCC(=O)Nc2ccc([N+](=O)[O-])cc2)c2c(C)nn(C)c2n1. The van der Waals surface area contributed by atoms with E-state index in [0.717, 1.165) is 0 Å². The molecule has 0 spiro atoms. The number of non-ortho nitro benzene ring substituents is 1. The van der Waals surface area contributed by atoms with Gasteiger partial charge in [-0.1, -0.05) is 0 Å². The molecule has 3 aromatic rings. The van der Waals surface area contributed by atoms with E-state index in [-0.39, 0.29) is 11.3 Å². The second kappa shape index (κ2) is 7.43. The molecule has 0 aliphatic carbocycles. The third-order valence-electron chi connectivity index (χ3n) is 4.01. The summed E-state index contributed by atoms with van der Waals surface area (Å²) in [5.74, 6) is -1.22. The summed E-state index contributed by atoms with van der Waals surface area (Å²) in [5.41, 5.74) is 2.37. The van der Waals surface area contributed by atoms with Gasteiger partial charge in [0, 0.05) is 30.6 Å². The van der Waals surface area contributed by atoms with Gasteiger partial charge in [0.05, 0.1) is 21.6 Å². The first-order valence-electron chi connectivity index (χ1n) is 8.28. The van der Waals surface area contributed by atoms with Crippen molar-refractivity contribution in [2.45, 2.75) is 13.8 Å². The average Bonchev–Trinajstić information content (AvgIpc) is 2.93. The Labute approximate surface area is 159 Å². The topological polar surface area (TPSA) is 129 Å². The number of carbonyl (C=O) groups is 2. The van der Waals surface area contributed by atoms with Gasteiger partial charge in [0.1, 0.15) is 0 Å². The summed E-state index contributed by atoms with van der Waals surface area (Å²) in [7, 11) is 1.73. The number of hydrogen-bond donors (Lipinski definition) is 1. The molecule has 3 rings (SSSR count). The molecular weight excluding hydrogens is 366 g/mol.